The summed E-state index contributed by atoms with van der Waals surface area (Å²) in [5.41, 5.74) is 1.20. The molecule has 0 aliphatic rings. The highest BCUT2D eigenvalue weighted by Crippen LogP contribution is 2.30. The van der Waals surface area contributed by atoms with E-state index < -0.39 is 0 Å². The lowest BCUT2D eigenvalue weighted by atomic mass is 9.86. The average Bonchev–Trinajstić information content (AvgIpc) is 2.04. The van der Waals surface area contributed by atoms with Gasteiger partial charge in [-0.05, 0) is 11.5 Å². The number of ether oxygens (including phenoxy) is 1. The Balaban J connectivity index is 3.14. The van der Waals surface area contributed by atoms with Gasteiger partial charge in [0.15, 0.2) is 0 Å². The van der Waals surface area contributed by atoms with Gasteiger partial charge >= 0.3 is 0 Å². The van der Waals surface area contributed by atoms with Crippen LogP contribution in [0.3, 0.4) is 0 Å². The number of benzene rings is 1. The molecule has 0 fully saturated rings. The van der Waals surface area contributed by atoms with Crippen molar-refractivity contribution in [2.45, 2.75) is 26.2 Å². The molecule has 0 amide bonds. The number of terminal acetylenes is 1. The van der Waals surface area contributed by atoms with Crippen LogP contribution in [0.15, 0.2) is 24.3 Å². The molecular formula is C12H14O. The minimum absolute atomic E-state index is 0.0629. The predicted molar refractivity (Wildman–Crippen MR) is 54.6 cm³/mol. The summed E-state index contributed by atoms with van der Waals surface area (Å²) in [6.07, 6.45) is 7.30. The van der Waals surface area contributed by atoms with Gasteiger partial charge in [0.1, 0.15) is 11.9 Å². The van der Waals surface area contributed by atoms with Gasteiger partial charge in [0, 0.05) is 5.56 Å². The second kappa shape index (κ2) is 3.53. The van der Waals surface area contributed by atoms with Gasteiger partial charge < -0.3 is 4.74 Å². The first-order valence-corrected chi connectivity index (χ1v) is 4.27. The van der Waals surface area contributed by atoms with E-state index in [0.29, 0.717) is 0 Å². The molecule has 0 saturated heterocycles. The molecule has 0 aliphatic carbocycles. The first kappa shape index (κ1) is 9.67. The van der Waals surface area contributed by atoms with Gasteiger partial charge in [0.25, 0.3) is 0 Å². The Morgan fingerprint density at radius 1 is 1.23 bits per heavy atom. The molecule has 13 heavy (non-hydrogen) atoms. The summed E-state index contributed by atoms with van der Waals surface area (Å²) >= 11 is 0. The highest BCUT2D eigenvalue weighted by Gasteiger charge is 2.17. The van der Waals surface area contributed by atoms with Crippen LogP contribution in [0.25, 0.3) is 0 Å². The van der Waals surface area contributed by atoms with Gasteiger partial charge in [-0.25, -0.2) is 0 Å². The van der Waals surface area contributed by atoms with Crippen molar-refractivity contribution < 1.29 is 4.74 Å². The number of hydrogen-bond acceptors (Lipinski definition) is 1. The van der Waals surface area contributed by atoms with Crippen molar-refractivity contribution in [1.82, 2.24) is 0 Å². The lowest BCUT2D eigenvalue weighted by Crippen LogP contribution is -2.12. The van der Waals surface area contributed by atoms with Crippen molar-refractivity contribution in [2.24, 2.45) is 0 Å². The van der Waals surface area contributed by atoms with Crippen molar-refractivity contribution in [3.8, 4) is 18.3 Å². The lowest BCUT2D eigenvalue weighted by Gasteiger charge is -2.20. The highest BCUT2D eigenvalue weighted by atomic mass is 16.5. The summed E-state index contributed by atoms with van der Waals surface area (Å²) in [5, 5.41) is 0. The standard InChI is InChI=1S/C12H14O/c1-5-13-11-9-7-6-8-10(11)12(2,3)4/h1,6-9H,2-4H3. The molecule has 1 nitrogen and oxygen atoms in total. The van der Waals surface area contributed by atoms with Crippen molar-refractivity contribution in [2.75, 3.05) is 0 Å². The van der Waals surface area contributed by atoms with E-state index in [-0.39, 0.29) is 5.41 Å². The third-order valence-electron chi connectivity index (χ3n) is 1.86. The molecule has 0 bridgehead atoms. The van der Waals surface area contributed by atoms with Gasteiger partial charge in [0.2, 0.25) is 0 Å². The molecule has 0 atom stereocenters. The summed E-state index contributed by atoms with van der Waals surface area (Å²) in [7, 11) is 0. The van der Waals surface area contributed by atoms with Crippen molar-refractivity contribution >= 4 is 0 Å². The van der Waals surface area contributed by atoms with Gasteiger partial charge in [-0.3, -0.25) is 0 Å². The van der Waals surface area contributed by atoms with Crippen LogP contribution in [0.1, 0.15) is 26.3 Å². The molecule has 1 heteroatoms. The smallest absolute Gasteiger partial charge is 0.143 e. The van der Waals surface area contributed by atoms with E-state index in [0.717, 1.165) is 11.3 Å². The third kappa shape index (κ3) is 2.26. The molecule has 1 aromatic rings. The largest absolute Gasteiger partial charge is 0.408 e. The quantitative estimate of drug-likeness (QED) is 0.595. The van der Waals surface area contributed by atoms with Crippen molar-refractivity contribution in [3.63, 3.8) is 0 Å². The van der Waals surface area contributed by atoms with Crippen LogP contribution in [-0.4, -0.2) is 0 Å². The van der Waals surface area contributed by atoms with E-state index in [1.54, 1.807) is 0 Å². The molecule has 1 rings (SSSR count). The van der Waals surface area contributed by atoms with Crippen molar-refractivity contribution in [1.29, 1.82) is 0 Å². The Labute approximate surface area is 79.7 Å². The zero-order chi connectivity index (χ0) is 9.90. The molecule has 1 aromatic carbocycles. The third-order valence-corrected chi connectivity index (χ3v) is 1.86. The molecule has 0 aliphatic heterocycles. The Kier molecular flexibility index (Phi) is 2.63. The lowest BCUT2D eigenvalue weighted by molar-refractivity contribution is 0.483. The van der Waals surface area contributed by atoms with Crippen LogP contribution >= 0.6 is 0 Å². The van der Waals surface area contributed by atoms with E-state index in [9.17, 15) is 0 Å². The minimum atomic E-state index is 0.0629. The Morgan fingerprint density at radius 2 is 1.85 bits per heavy atom. The van der Waals surface area contributed by atoms with E-state index in [1.807, 2.05) is 24.3 Å². The van der Waals surface area contributed by atoms with Crippen LogP contribution in [-0.2, 0) is 5.41 Å². The number of hydrogen-bond donors (Lipinski definition) is 0. The molecule has 0 radical (unpaired) electrons. The summed E-state index contributed by atoms with van der Waals surface area (Å²) in [4.78, 5) is 0. The Bertz CT molecular complexity index is 326. The van der Waals surface area contributed by atoms with E-state index in [4.69, 9.17) is 11.2 Å². The van der Waals surface area contributed by atoms with Gasteiger partial charge in [-0.2, -0.15) is 0 Å². The first-order valence-electron chi connectivity index (χ1n) is 4.27. The van der Waals surface area contributed by atoms with E-state index >= 15 is 0 Å². The minimum Gasteiger partial charge on any atom is -0.408 e. The Hall–Kier alpha value is -1.42. The van der Waals surface area contributed by atoms with Crippen molar-refractivity contribution in [3.05, 3.63) is 29.8 Å². The molecule has 68 valence electrons. The fourth-order valence-electron chi connectivity index (χ4n) is 1.24. The van der Waals surface area contributed by atoms with E-state index in [1.165, 1.54) is 0 Å². The topological polar surface area (TPSA) is 9.23 Å². The van der Waals surface area contributed by atoms with Gasteiger partial charge in [-0.1, -0.05) is 45.4 Å². The molecule has 0 saturated carbocycles. The summed E-state index contributed by atoms with van der Waals surface area (Å²) in [5.74, 6) is 0.775. The fourth-order valence-corrected chi connectivity index (χ4v) is 1.24. The van der Waals surface area contributed by atoms with Crippen LogP contribution in [0, 0.1) is 12.5 Å². The highest BCUT2D eigenvalue weighted by molar-refractivity contribution is 5.39. The second-order valence-corrected chi connectivity index (χ2v) is 3.97. The van der Waals surface area contributed by atoms with Crippen LogP contribution in [0.4, 0.5) is 0 Å². The van der Waals surface area contributed by atoms with Crippen LogP contribution in [0.2, 0.25) is 0 Å². The number of para-hydroxylation sites is 1. The van der Waals surface area contributed by atoms with Gasteiger partial charge in [0.05, 0.1) is 0 Å². The van der Waals surface area contributed by atoms with Crippen LogP contribution in [0.5, 0.6) is 5.75 Å². The number of rotatable bonds is 1. The molecule has 0 unspecified atom stereocenters. The summed E-state index contributed by atoms with van der Waals surface area (Å²) in [6.45, 7) is 6.39. The van der Waals surface area contributed by atoms with E-state index in [2.05, 4.69) is 26.9 Å². The normalized spacial score (nSPS) is 10.6. The maximum Gasteiger partial charge on any atom is 0.143 e. The predicted octanol–water partition coefficient (Wildman–Crippen LogP) is 2.95. The van der Waals surface area contributed by atoms with Gasteiger partial charge in [-0.15, -0.1) is 0 Å². The van der Waals surface area contributed by atoms with Crippen LogP contribution < -0.4 is 4.74 Å². The zero-order valence-corrected chi connectivity index (χ0v) is 8.29. The monoisotopic (exact) mass is 174 g/mol. The average molecular weight is 174 g/mol. The maximum atomic E-state index is 5.10. The Morgan fingerprint density at radius 3 is 2.38 bits per heavy atom. The first-order chi connectivity index (χ1) is 6.05. The fraction of sp³-hybridized carbons (Fsp3) is 0.333. The molecule has 0 heterocycles. The zero-order valence-electron chi connectivity index (χ0n) is 8.29. The maximum absolute atomic E-state index is 5.10. The molecule has 0 aromatic heterocycles. The second-order valence-electron chi connectivity index (χ2n) is 3.97. The molecule has 0 spiro atoms. The summed E-state index contributed by atoms with van der Waals surface area (Å²) in [6, 6.07) is 7.83. The SMILES string of the molecule is C#COc1ccccc1C(C)(C)C. The molecular weight excluding hydrogens is 160 g/mol. The summed E-state index contributed by atoms with van der Waals surface area (Å²) < 4.78 is 5.09. The molecule has 0 N–H and O–H groups in total.